The van der Waals surface area contributed by atoms with Gasteiger partial charge >= 0.3 is 0 Å². The fourth-order valence-corrected chi connectivity index (χ4v) is 1.22. The van der Waals surface area contributed by atoms with E-state index in [-0.39, 0.29) is 0 Å². The van der Waals surface area contributed by atoms with Gasteiger partial charge in [0.2, 0.25) is 0 Å². The second-order valence-electron chi connectivity index (χ2n) is 4.55. The lowest BCUT2D eigenvalue weighted by molar-refractivity contribution is -0.00743. The van der Waals surface area contributed by atoms with Crippen molar-refractivity contribution >= 4 is 0 Å². The van der Waals surface area contributed by atoms with Crippen LogP contribution in [0.25, 0.3) is 0 Å². The van der Waals surface area contributed by atoms with Crippen molar-refractivity contribution in [2.45, 2.75) is 47.1 Å². The zero-order valence-corrected chi connectivity index (χ0v) is 8.68. The molecule has 0 bridgehead atoms. The summed E-state index contributed by atoms with van der Waals surface area (Å²) < 4.78 is 0. The van der Waals surface area contributed by atoms with Gasteiger partial charge in [0.05, 0.1) is 5.60 Å². The maximum Gasteiger partial charge on any atom is 0.0619 e. The van der Waals surface area contributed by atoms with E-state index >= 15 is 0 Å². The normalized spacial score (nSPS) is 18.5. The van der Waals surface area contributed by atoms with E-state index in [0.29, 0.717) is 17.8 Å². The highest BCUT2D eigenvalue weighted by Crippen LogP contribution is 2.28. The minimum absolute atomic E-state index is 0.363. The van der Waals surface area contributed by atoms with E-state index in [4.69, 9.17) is 0 Å². The Morgan fingerprint density at radius 1 is 1.00 bits per heavy atom. The second kappa shape index (κ2) is 3.57. The highest BCUT2D eigenvalue weighted by molar-refractivity contribution is 4.78. The third-order valence-electron chi connectivity index (χ3n) is 2.95. The number of aliphatic hydroxyl groups is 1. The van der Waals surface area contributed by atoms with Crippen LogP contribution in [0.4, 0.5) is 0 Å². The Labute approximate surface area is 70.8 Å². The van der Waals surface area contributed by atoms with Crippen LogP contribution in [-0.2, 0) is 0 Å². The van der Waals surface area contributed by atoms with E-state index in [0.717, 1.165) is 0 Å². The van der Waals surface area contributed by atoms with Crippen molar-refractivity contribution in [2.24, 2.45) is 17.8 Å². The summed E-state index contributed by atoms with van der Waals surface area (Å²) in [6.07, 6.45) is 0. The van der Waals surface area contributed by atoms with Gasteiger partial charge in [-0.2, -0.15) is 0 Å². The Kier molecular flexibility index (Phi) is 3.56. The lowest BCUT2D eigenvalue weighted by Crippen LogP contribution is -2.34. The first-order valence-corrected chi connectivity index (χ1v) is 4.49. The van der Waals surface area contributed by atoms with Crippen molar-refractivity contribution in [3.8, 4) is 0 Å². The van der Waals surface area contributed by atoms with Crippen molar-refractivity contribution in [1.82, 2.24) is 0 Å². The molecule has 0 heterocycles. The first-order valence-electron chi connectivity index (χ1n) is 4.49. The first kappa shape index (κ1) is 11.0. The summed E-state index contributed by atoms with van der Waals surface area (Å²) in [5.41, 5.74) is -0.538. The molecule has 0 aromatic rings. The standard InChI is InChI=1S/C10H22O/c1-7(2)8(3)9(4)10(5,6)11/h7-9,11H,1-6H3. The molecule has 0 aliphatic heterocycles. The van der Waals surface area contributed by atoms with Crippen LogP contribution in [0.5, 0.6) is 0 Å². The fourth-order valence-electron chi connectivity index (χ4n) is 1.22. The fraction of sp³-hybridized carbons (Fsp3) is 1.00. The smallest absolute Gasteiger partial charge is 0.0619 e. The Balaban J connectivity index is 4.13. The molecule has 0 fully saturated rings. The van der Waals surface area contributed by atoms with E-state index < -0.39 is 5.60 Å². The third-order valence-corrected chi connectivity index (χ3v) is 2.95. The van der Waals surface area contributed by atoms with Gasteiger partial charge in [-0.15, -0.1) is 0 Å². The van der Waals surface area contributed by atoms with Crippen LogP contribution in [0.15, 0.2) is 0 Å². The molecular formula is C10H22O. The molecule has 0 aromatic heterocycles. The molecule has 0 rings (SSSR count). The van der Waals surface area contributed by atoms with Crippen LogP contribution in [-0.4, -0.2) is 10.7 Å². The maximum absolute atomic E-state index is 9.71. The van der Waals surface area contributed by atoms with Crippen molar-refractivity contribution in [3.63, 3.8) is 0 Å². The van der Waals surface area contributed by atoms with Gasteiger partial charge < -0.3 is 5.11 Å². The highest BCUT2D eigenvalue weighted by atomic mass is 16.3. The Bertz CT molecular complexity index is 111. The molecule has 1 heteroatoms. The first-order chi connectivity index (χ1) is 4.76. The average molecular weight is 158 g/mol. The number of rotatable bonds is 3. The predicted molar refractivity (Wildman–Crippen MR) is 49.5 cm³/mol. The molecule has 0 radical (unpaired) electrons. The van der Waals surface area contributed by atoms with Crippen LogP contribution in [0, 0.1) is 17.8 Å². The maximum atomic E-state index is 9.71. The van der Waals surface area contributed by atoms with Gasteiger partial charge in [0.25, 0.3) is 0 Å². The molecule has 0 saturated heterocycles. The summed E-state index contributed by atoms with van der Waals surface area (Å²) in [7, 11) is 0. The topological polar surface area (TPSA) is 20.2 Å². The molecule has 0 aliphatic rings. The lowest BCUT2D eigenvalue weighted by atomic mass is 9.77. The van der Waals surface area contributed by atoms with Crippen molar-refractivity contribution in [1.29, 1.82) is 0 Å². The molecule has 0 saturated carbocycles. The largest absolute Gasteiger partial charge is 0.390 e. The molecule has 0 spiro atoms. The van der Waals surface area contributed by atoms with Crippen molar-refractivity contribution in [3.05, 3.63) is 0 Å². The van der Waals surface area contributed by atoms with E-state index in [1.807, 2.05) is 13.8 Å². The Morgan fingerprint density at radius 2 is 1.36 bits per heavy atom. The average Bonchev–Trinajstić information content (AvgIpc) is 1.82. The Hall–Kier alpha value is -0.0400. The summed E-state index contributed by atoms with van der Waals surface area (Å²) in [4.78, 5) is 0. The molecule has 68 valence electrons. The molecule has 1 N–H and O–H groups in total. The molecule has 1 nitrogen and oxygen atoms in total. The highest BCUT2D eigenvalue weighted by Gasteiger charge is 2.28. The van der Waals surface area contributed by atoms with Crippen LogP contribution in [0.2, 0.25) is 0 Å². The molecule has 2 atom stereocenters. The molecule has 0 amide bonds. The summed E-state index contributed by atoms with van der Waals surface area (Å²) in [5.74, 6) is 1.59. The van der Waals surface area contributed by atoms with E-state index in [1.165, 1.54) is 0 Å². The van der Waals surface area contributed by atoms with Gasteiger partial charge in [0, 0.05) is 0 Å². The SMILES string of the molecule is CC(C)C(C)C(C)C(C)(C)O. The van der Waals surface area contributed by atoms with Crippen LogP contribution >= 0.6 is 0 Å². The third kappa shape index (κ3) is 3.24. The molecular weight excluding hydrogens is 136 g/mol. The monoisotopic (exact) mass is 158 g/mol. The number of hydrogen-bond donors (Lipinski definition) is 1. The number of hydrogen-bond acceptors (Lipinski definition) is 1. The van der Waals surface area contributed by atoms with E-state index in [9.17, 15) is 5.11 Å². The van der Waals surface area contributed by atoms with E-state index in [1.54, 1.807) is 0 Å². The summed E-state index contributed by atoms with van der Waals surface area (Å²) >= 11 is 0. The predicted octanol–water partition coefficient (Wildman–Crippen LogP) is 2.69. The van der Waals surface area contributed by atoms with Gasteiger partial charge in [0.1, 0.15) is 0 Å². The molecule has 2 unspecified atom stereocenters. The van der Waals surface area contributed by atoms with Crippen LogP contribution in [0.3, 0.4) is 0 Å². The van der Waals surface area contributed by atoms with Crippen molar-refractivity contribution in [2.75, 3.05) is 0 Å². The van der Waals surface area contributed by atoms with Gasteiger partial charge in [-0.25, -0.2) is 0 Å². The second-order valence-corrected chi connectivity index (χ2v) is 4.55. The zero-order valence-electron chi connectivity index (χ0n) is 8.68. The van der Waals surface area contributed by atoms with Gasteiger partial charge in [-0.05, 0) is 31.6 Å². The quantitative estimate of drug-likeness (QED) is 0.669. The molecule has 0 aromatic carbocycles. The van der Waals surface area contributed by atoms with Gasteiger partial charge in [-0.1, -0.05) is 27.7 Å². The zero-order chi connectivity index (χ0) is 9.23. The minimum Gasteiger partial charge on any atom is -0.390 e. The summed E-state index contributed by atoms with van der Waals surface area (Å²) in [5, 5.41) is 9.71. The van der Waals surface area contributed by atoms with Gasteiger partial charge in [0.15, 0.2) is 0 Å². The van der Waals surface area contributed by atoms with Crippen LogP contribution in [0.1, 0.15) is 41.5 Å². The molecule has 0 aliphatic carbocycles. The van der Waals surface area contributed by atoms with E-state index in [2.05, 4.69) is 27.7 Å². The van der Waals surface area contributed by atoms with Gasteiger partial charge in [-0.3, -0.25) is 0 Å². The summed E-state index contributed by atoms with van der Waals surface area (Å²) in [6, 6.07) is 0. The van der Waals surface area contributed by atoms with Crippen LogP contribution < -0.4 is 0 Å². The molecule has 11 heavy (non-hydrogen) atoms. The van der Waals surface area contributed by atoms with Crippen molar-refractivity contribution < 1.29 is 5.11 Å². The minimum atomic E-state index is -0.538. The Morgan fingerprint density at radius 3 is 1.45 bits per heavy atom. The summed E-state index contributed by atoms with van der Waals surface area (Å²) in [6.45, 7) is 12.5. The lowest BCUT2D eigenvalue weighted by Gasteiger charge is -2.33.